The topological polar surface area (TPSA) is 32.3 Å². The third-order valence-electron chi connectivity index (χ3n) is 6.42. The molecule has 0 aromatic heterocycles. The van der Waals surface area contributed by atoms with Crippen molar-refractivity contribution in [2.24, 2.45) is 0 Å². The van der Waals surface area contributed by atoms with E-state index in [9.17, 15) is 4.79 Å². The fraction of sp³-hybridized carbons (Fsp3) is 0.321. The number of nitrogens with zero attached hydrogens (tertiary/aromatic N) is 1. The van der Waals surface area contributed by atoms with E-state index < -0.39 is 0 Å². The van der Waals surface area contributed by atoms with Crippen molar-refractivity contribution in [2.45, 2.75) is 57.5 Å². The molecule has 0 radical (unpaired) electrons. The molecule has 166 valence electrons. The first-order valence-electron chi connectivity index (χ1n) is 11.6. The Balaban J connectivity index is 1.53. The lowest BCUT2D eigenvalue weighted by Crippen LogP contribution is -2.40. The van der Waals surface area contributed by atoms with E-state index in [1.54, 1.807) is 0 Å². The maximum absolute atomic E-state index is 13.4. The summed E-state index contributed by atoms with van der Waals surface area (Å²) in [6.45, 7) is 2.51. The van der Waals surface area contributed by atoms with E-state index in [1.807, 2.05) is 54.3 Å². The molecule has 3 aromatic carbocycles. The SMILES string of the molecule is C[C@H](NC(=O)N(Cc1ccccc1)c1ccc(C2CCCCC2)cc1)c1ccc(Cl)cc1. The Morgan fingerprint density at radius 1 is 0.938 bits per heavy atom. The van der Waals surface area contributed by atoms with Gasteiger partial charge in [-0.2, -0.15) is 0 Å². The lowest BCUT2D eigenvalue weighted by atomic mass is 9.84. The van der Waals surface area contributed by atoms with Crippen LogP contribution in [0.5, 0.6) is 0 Å². The lowest BCUT2D eigenvalue weighted by Gasteiger charge is -2.27. The molecule has 0 heterocycles. The maximum Gasteiger partial charge on any atom is 0.322 e. The Labute approximate surface area is 196 Å². The van der Waals surface area contributed by atoms with Gasteiger partial charge in [0.25, 0.3) is 0 Å². The van der Waals surface area contributed by atoms with Crippen molar-refractivity contribution >= 4 is 23.3 Å². The number of amides is 2. The van der Waals surface area contributed by atoms with Crippen LogP contribution in [0.1, 0.15) is 67.7 Å². The smallest absolute Gasteiger partial charge is 0.322 e. The molecule has 0 bridgehead atoms. The largest absolute Gasteiger partial charge is 0.331 e. The molecule has 1 atom stereocenters. The molecule has 2 amide bonds. The third-order valence-corrected chi connectivity index (χ3v) is 6.67. The first-order valence-corrected chi connectivity index (χ1v) is 12.0. The highest BCUT2D eigenvalue weighted by Gasteiger charge is 2.20. The highest BCUT2D eigenvalue weighted by Crippen LogP contribution is 2.33. The molecular formula is C28H31ClN2O. The monoisotopic (exact) mass is 446 g/mol. The van der Waals surface area contributed by atoms with E-state index in [1.165, 1.54) is 37.7 Å². The summed E-state index contributed by atoms with van der Waals surface area (Å²) in [6.07, 6.45) is 6.53. The Kier molecular flexibility index (Phi) is 7.49. The molecular weight excluding hydrogens is 416 g/mol. The summed E-state index contributed by atoms with van der Waals surface area (Å²) in [6, 6.07) is 26.1. The number of halogens is 1. The fourth-order valence-electron chi connectivity index (χ4n) is 4.51. The minimum absolute atomic E-state index is 0.110. The molecule has 4 rings (SSSR count). The lowest BCUT2D eigenvalue weighted by molar-refractivity contribution is 0.243. The first kappa shape index (κ1) is 22.4. The van der Waals surface area contributed by atoms with Gasteiger partial charge in [-0.1, -0.05) is 85.5 Å². The average molecular weight is 447 g/mol. The van der Waals surface area contributed by atoms with Crippen LogP contribution in [0.3, 0.4) is 0 Å². The van der Waals surface area contributed by atoms with Crippen molar-refractivity contribution in [3.8, 4) is 0 Å². The van der Waals surface area contributed by atoms with Crippen LogP contribution in [0.2, 0.25) is 5.02 Å². The van der Waals surface area contributed by atoms with Crippen molar-refractivity contribution in [2.75, 3.05) is 4.90 Å². The van der Waals surface area contributed by atoms with Crippen LogP contribution >= 0.6 is 11.6 Å². The molecule has 1 saturated carbocycles. The van der Waals surface area contributed by atoms with Gasteiger partial charge in [-0.3, -0.25) is 4.90 Å². The molecule has 4 heteroatoms. The Bertz CT molecular complexity index is 996. The van der Waals surface area contributed by atoms with E-state index in [-0.39, 0.29) is 12.1 Å². The van der Waals surface area contributed by atoms with Gasteiger partial charge in [-0.25, -0.2) is 4.79 Å². The molecule has 1 aliphatic rings. The van der Waals surface area contributed by atoms with Crippen LogP contribution in [0, 0.1) is 0 Å². The summed E-state index contributed by atoms with van der Waals surface area (Å²) in [4.78, 5) is 15.2. The van der Waals surface area contributed by atoms with Crippen LogP contribution in [0.4, 0.5) is 10.5 Å². The van der Waals surface area contributed by atoms with Crippen molar-refractivity contribution in [3.63, 3.8) is 0 Å². The standard InChI is InChI=1S/C28H31ClN2O/c1-21(23-12-16-26(29)17-13-23)30-28(32)31(20-22-8-4-2-5-9-22)27-18-14-25(15-19-27)24-10-6-3-7-11-24/h2,4-5,8-9,12-19,21,24H,3,6-7,10-11,20H2,1H3,(H,30,32)/t21-/m0/s1. The molecule has 0 spiro atoms. The van der Waals surface area contributed by atoms with Gasteiger partial charge in [0.15, 0.2) is 0 Å². The number of benzene rings is 3. The Hall–Kier alpha value is -2.78. The van der Waals surface area contributed by atoms with Gasteiger partial charge in [0.2, 0.25) is 0 Å². The highest BCUT2D eigenvalue weighted by atomic mass is 35.5. The first-order chi connectivity index (χ1) is 15.6. The molecule has 1 N–H and O–H groups in total. The maximum atomic E-state index is 13.4. The van der Waals surface area contributed by atoms with Gasteiger partial charge in [-0.05, 0) is 66.6 Å². The Morgan fingerprint density at radius 2 is 1.59 bits per heavy atom. The number of carbonyl (C=O) groups excluding carboxylic acids is 1. The zero-order valence-electron chi connectivity index (χ0n) is 18.6. The normalized spacial score (nSPS) is 15.2. The number of urea groups is 1. The van der Waals surface area contributed by atoms with E-state index in [0.717, 1.165) is 16.8 Å². The second-order valence-corrected chi connectivity index (χ2v) is 9.16. The van der Waals surface area contributed by atoms with Gasteiger partial charge in [-0.15, -0.1) is 0 Å². The summed E-state index contributed by atoms with van der Waals surface area (Å²) in [7, 11) is 0. The zero-order valence-corrected chi connectivity index (χ0v) is 19.4. The van der Waals surface area contributed by atoms with Gasteiger partial charge in [0, 0.05) is 10.7 Å². The van der Waals surface area contributed by atoms with Crippen molar-refractivity contribution in [1.82, 2.24) is 5.32 Å². The number of anilines is 1. The molecule has 1 fully saturated rings. The summed E-state index contributed by atoms with van der Waals surface area (Å²) in [5.74, 6) is 0.652. The van der Waals surface area contributed by atoms with Gasteiger partial charge in [0.05, 0.1) is 12.6 Å². The minimum atomic E-state index is -0.125. The summed E-state index contributed by atoms with van der Waals surface area (Å²) in [5, 5.41) is 3.85. The fourth-order valence-corrected chi connectivity index (χ4v) is 4.63. The summed E-state index contributed by atoms with van der Waals surface area (Å²) < 4.78 is 0. The molecule has 3 nitrogen and oxygen atoms in total. The third kappa shape index (κ3) is 5.72. The quantitative estimate of drug-likeness (QED) is 0.410. The van der Waals surface area contributed by atoms with Gasteiger partial charge in [0.1, 0.15) is 0 Å². The average Bonchev–Trinajstić information content (AvgIpc) is 2.84. The van der Waals surface area contributed by atoms with Gasteiger partial charge >= 0.3 is 6.03 Å². The van der Waals surface area contributed by atoms with E-state index in [0.29, 0.717) is 17.5 Å². The number of carbonyl (C=O) groups is 1. The molecule has 0 saturated heterocycles. The van der Waals surface area contributed by atoms with Crippen LogP contribution in [0.25, 0.3) is 0 Å². The van der Waals surface area contributed by atoms with E-state index >= 15 is 0 Å². The van der Waals surface area contributed by atoms with Gasteiger partial charge < -0.3 is 5.32 Å². The summed E-state index contributed by atoms with van der Waals surface area (Å²) >= 11 is 6.02. The molecule has 3 aromatic rings. The highest BCUT2D eigenvalue weighted by molar-refractivity contribution is 6.30. The molecule has 0 unspecified atom stereocenters. The van der Waals surface area contributed by atoms with E-state index in [4.69, 9.17) is 11.6 Å². The predicted molar refractivity (Wildman–Crippen MR) is 133 cm³/mol. The zero-order chi connectivity index (χ0) is 22.3. The number of hydrogen-bond acceptors (Lipinski definition) is 1. The predicted octanol–water partition coefficient (Wildman–Crippen LogP) is 7.87. The molecule has 32 heavy (non-hydrogen) atoms. The number of hydrogen-bond donors (Lipinski definition) is 1. The van der Waals surface area contributed by atoms with Crippen LogP contribution in [0.15, 0.2) is 78.9 Å². The molecule has 0 aliphatic heterocycles. The Morgan fingerprint density at radius 3 is 2.25 bits per heavy atom. The number of nitrogens with one attached hydrogen (secondary N) is 1. The number of rotatable bonds is 6. The minimum Gasteiger partial charge on any atom is -0.331 e. The second-order valence-electron chi connectivity index (χ2n) is 8.72. The van der Waals surface area contributed by atoms with Crippen molar-refractivity contribution < 1.29 is 4.79 Å². The van der Waals surface area contributed by atoms with Crippen molar-refractivity contribution in [1.29, 1.82) is 0 Å². The molecule has 1 aliphatic carbocycles. The van der Waals surface area contributed by atoms with Crippen LogP contribution in [-0.2, 0) is 6.54 Å². The van der Waals surface area contributed by atoms with E-state index in [2.05, 4.69) is 41.7 Å². The van der Waals surface area contributed by atoms with Crippen LogP contribution < -0.4 is 10.2 Å². The van der Waals surface area contributed by atoms with Crippen molar-refractivity contribution in [3.05, 3.63) is 101 Å². The summed E-state index contributed by atoms with van der Waals surface area (Å²) in [5.41, 5.74) is 4.42. The van der Waals surface area contributed by atoms with Crippen LogP contribution in [-0.4, -0.2) is 6.03 Å². The second kappa shape index (κ2) is 10.7.